The number of hydrogen-bond acceptors (Lipinski definition) is 6. The van der Waals surface area contributed by atoms with Crippen molar-refractivity contribution in [1.29, 1.82) is 0 Å². The van der Waals surface area contributed by atoms with Crippen LogP contribution in [0.15, 0.2) is 11.8 Å². The molecule has 0 N–H and O–H groups in total. The summed E-state index contributed by atoms with van der Waals surface area (Å²) in [5.41, 5.74) is -0.945. The topological polar surface area (TPSA) is 85.4 Å². The van der Waals surface area contributed by atoms with Gasteiger partial charge in [0.15, 0.2) is 5.60 Å². The first kappa shape index (κ1) is 18.7. The van der Waals surface area contributed by atoms with Crippen molar-refractivity contribution < 1.29 is 28.6 Å². The zero-order valence-electron chi connectivity index (χ0n) is 15.7. The fourth-order valence-corrected chi connectivity index (χ4v) is 3.49. The number of morpholine rings is 1. The molecule has 0 radical (unpaired) electrons. The Labute approximate surface area is 153 Å². The fraction of sp³-hybridized carbons (Fsp3) is 0.722. The van der Waals surface area contributed by atoms with E-state index in [-0.39, 0.29) is 24.6 Å². The van der Waals surface area contributed by atoms with E-state index in [0.717, 1.165) is 0 Å². The van der Waals surface area contributed by atoms with Crippen LogP contribution in [0.1, 0.15) is 40.5 Å². The standard InChI is InChI=1S/C18H26N2O6/c1-12-10-25-18(15(22)20(12)13-9-14(21)24-11-13)5-7-19(8-6-18)16(23)26-17(2,3)4/h9,12H,5-8,10-11H2,1-4H3. The van der Waals surface area contributed by atoms with Gasteiger partial charge in [0.2, 0.25) is 0 Å². The maximum Gasteiger partial charge on any atom is 0.410 e. The van der Waals surface area contributed by atoms with Crippen molar-refractivity contribution in [3.63, 3.8) is 0 Å². The first-order valence-electron chi connectivity index (χ1n) is 8.94. The molecule has 8 heteroatoms. The summed E-state index contributed by atoms with van der Waals surface area (Å²) in [5.74, 6) is -0.593. The summed E-state index contributed by atoms with van der Waals surface area (Å²) in [6, 6.07) is -0.169. The van der Waals surface area contributed by atoms with E-state index in [2.05, 4.69) is 0 Å². The summed E-state index contributed by atoms with van der Waals surface area (Å²) in [4.78, 5) is 40.0. The third-order valence-corrected chi connectivity index (χ3v) is 4.83. The summed E-state index contributed by atoms with van der Waals surface area (Å²) in [6.45, 7) is 8.60. The molecule has 1 unspecified atom stereocenters. The van der Waals surface area contributed by atoms with Crippen LogP contribution < -0.4 is 0 Å². The first-order chi connectivity index (χ1) is 12.1. The predicted octanol–water partition coefficient (Wildman–Crippen LogP) is 1.44. The van der Waals surface area contributed by atoms with Gasteiger partial charge in [-0.05, 0) is 27.7 Å². The Morgan fingerprint density at radius 2 is 1.92 bits per heavy atom. The zero-order chi connectivity index (χ0) is 19.1. The molecule has 8 nitrogen and oxygen atoms in total. The molecule has 3 aliphatic rings. The average Bonchev–Trinajstić information content (AvgIpc) is 2.97. The minimum Gasteiger partial charge on any atom is -0.456 e. The third-order valence-electron chi connectivity index (χ3n) is 4.83. The molecule has 0 aliphatic carbocycles. The second-order valence-corrected chi connectivity index (χ2v) is 8.04. The van der Waals surface area contributed by atoms with Crippen LogP contribution in [0.3, 0.4) is 0 Å². The summed E-state index contributed by atoms with van der Waals surface area (Å²) < 4.78 is 16.3. The van der Waals surface area contributed by atoms with Gasteiger partial charge in [0.05, 0.1) is 18.3 Å². The fourth-order valence-electron chi connectivity index (χ4n) is 3.49. The highest BCUT2D eigenvalue weighted by Gasteiger charge is 2.51. The molecule has 3 heterocycles. The van der Waals surface area contributed by atoms with Crippen LogP contribution in [0.25, 0.3) is 0 Å². The molecule has 0 aromatic carbocycles. The van der Waals surface area contributed by atoms with E-state index in [1.165, 1.54) is 6.08 Å². The van der Waals surface area contributed by atoms with Crippen LogP contribution in [0.5, 0.6) is 0 Å². The van der Waals surface area contributed by atoms with Crippen molar-refractivity contribution in [3.8, 4) is 0 Å². The molecule has 0 bridgehead atoms. The van der Waals surface area contributed by atoms with Gasteiger partial charge in [-0.25, -0.2) is 9.59 Å². The summed E-state index contributed by atoms with van der Waals surface area (Å²) in [6.07, 6.45) is 1.79. The van der Waals surface area contributed by atoms with E-state index < -0.39 is 17.2 Å². The number of carbonyl (C=O) groups excluding carboxylic acids is 3. The van der Waals surface area contributed by atoms with Gasteiger partial charge in [0.1, 0.15) is 12.2 Å². The van der Waals surface area contributed by atoms with Gasteiger partial charge in [-0.3, -0.25) is 4.79 Å². The predicted molar refractivity (Wildman–Crippen MR) is 91.1 cm³/mol. The van der Waals surface area contributed by atoms with Crippen LogP contribution in [0.4, 0.5) is 4.79 Å². The number of carbonyl (C=O) groups is 3. The highest BCUT2D eigenvalue weighted by Crippen LogP contribution is 2.35. The number of cyclic esters (lactones) is 1. The van der Waals surface area contributed by atoms with Crippen molar-refractivity contribution in [2.24, 2.45) is 0 Å². The molecule has 2 amide bonds. The SMILES string of the molecule is CC1COC2(CCN(C(=O)OC(C)(C)C)CC2)C(=O)N1C1=CC(=O)OC1. The van der Waals surface area contributed by atoms with Gasteiger partial charge in [0, 0.05) is 32.0 Å². The van der Waals surface area contributed by atoms with E-state index in [0.29, 0.717) is 38.2 Å². The van der Waals surface area contributed by atoms with Crippen LogP contribution in [0, 0.1) is 0 Å². The van der Waals surface area contributed by atoms with Crippen LogP contribution in [-0.4, -0.2) is 71.3 Å². The van der Waals surface area contributed by atoms with E-state index in [9.17, 15) is 14.4 Å². The minimum atomic E-state index is -0.961. The number of amides is 2. The first-order valence-corrected chi connectivity index (χ1v) is 8.94. The molecule has 1 atom stereocenters. The lowest BCUT2D eigenvalue weighted by atomic mass is 9.87. The van der Waals surface area contributed by atoms with Gasteiger partial charge in [-0.2, -0.15) is 0 Å². The van der Waals surface area contributed by atoms with Crippen molar-refractivity contribution in [2.45, 2.75) is 57.8 Å². The Hall–Kier alpha value is -2.09. The molecule has 0 saturated carbocycles. The average molecular weight is 366 g/mol. The molecular weight excluding hydrogens is 340 g/mol. The number of likely N-dealkylation sites (tertiary alicyclic amines) is 1. The quantitative estimate of drug-likeness (QED) is 0.653. The van der Waals surface area contributed by atoms with E-state index in [1.807, 2.05) is 27.7 Å². The van der Waals surface area contributed by atoms with E-state index in [4.69, 9.17) is 14.2 Å². The Balaban J connectivity index is 1.70. The lowest BCUT2D eigenvalue weighted by Gasteiger charge is -2.48. The Morgan fingerprint density at radius 3 is 2.46 bits per heavy atom. The minimum absolute atomic E-state index is 0.106. The number of ether oxygens (including phenoxy) is 3. The maximum absolute atomic E-state index is 13.2. The van der Waals surface area contributed by atoms with E-state index >= 15 is 0 Å². The Bertz CT molecular complexity index is 643. The number of hydrogen-bond donors (Lipinski definition) is 0. The molecule has 144 valence electrons. The lowest BCUT2D eigenvalue weighted by Crippen LogP contribution is -2.63. The van der Waals surface area contributed by atoms with Gasteiger partial charge >= 0.3 is 12.1 Å². The van der Waals surface area contributed by atoms with Crippen LogP contribution in [-0.2, 0) is 23.8 Å². The molecule has 2 fully saturated rings. The molecule has 0 aromatic heterocycles. The van der Waals surface area contributed by atoms with E-state index in [1.54, 1.807) is 9.80 Å². The number of nitrogens with zero attached hydrogens (tertiary/aromatic N) is 2. The number of rotatable bonds is 1. The molecule has 26 heavy (non-hydrogen) atoms. The second kappa shape index (κ2) is 6.57. The molecule has 3 rings (SSSR count). The maximum atomic E-state index is 13.2. The van der Waals surface area contributed by atoms with Gasteiger partial charge < -0.3 is 24.0 Å². The summed E-state index contributed by atoms with van der Waals surface area (Å²) >= 11 is 0. The lowest BCUT2D eigenvalue weighted by molar-refractivity contribution is -0.183. The van der Waals surface area contributed by atoms with Gasteiger partial charge in [-0.15, -0.1) is 0 Å². The van der Waals surface area contributed by atoms with Gasteiger partial charge in [0.25, 0.3) is 5.91 Å². The van der Waals surface area contributed by atoms with Crippen LogP contribution in [0.2, 0.25) is 0 Å². The highest BCUT2D eigenvalue weighted by atomic mass is 16.6. The highest BCUT2D eigenvalue weighted by molar-refractivity contribution is 5.91. The number of piperidine rings is 1. The molecule has 1 spiro atoms. The normalized spacial score (nSPS) is 26.0. The smallest absolute Gasteiger partial charge is 0.410 e. The largest absolute Gasteiger partial charge is 0.456 e. The molecule has 2 saturated heterocycles. The molecule has 3 aliphatic heterocycles. The Morgan fingerprint density at radius 1 is 1.27 bits per heavy atom. The van der Waals surface area contributed by atoms with Crippen molar-refractivity contribution in [2.75, 3.05) is 26.3 Å². The summed E-state index contributed by atoms with van der Waals surface area (Å²) in [7, 11) is 0. The summed E-state index contributed by atoms with van der Waals surface area (Å²) in [5, 5.41) is 0. The van der Waals surface area contributed by atoms with Crippen LogP contribution >= 0.6 is 0 Å². The monoisotopic (exact) mass is 366 g/mol. The third kappa shape index (κ3) is 3.56. The molecular formula is C18H26N2O6. The Kier molecular flexibility index (Phi) is 4.72. The zero-order valence-corrected chi connectivity index (χ0v) is 15.7. The second-order valence-electron chi connectivity index (χ2n) is 8.04. The van der Waals surface area contributed by atoms with Crippen molar-refractivity contribution >= 4 is 18.0 Å². The number of esters is 1. The molecule has 0 aromatic rings. The van der Waals surface area contributed by atoms with Crippen molar-refractivity contribution in [1.82, 2.24) is 9.80 Å². The van der Waals surface area contributed by atoms with Crippen molar-refractivity contribution in [3.05, 3.63) is 11.8 Å². The van der Waals surface area contributed by atoms with Gasteiger partial charge in [-0.1, -0.05) is 0 Å².